The van der Waals surface area contributed by atoms with Crippen LogP contribution in [0.5, 0.6) is 5.75 Å². The van der Waals surface area contributed by atoms with Crippen LogP contribution in [0.1, 0.15) is 0 Å². The first kappa shape index (κ1) is 15.4. The van der Waals surface area contributed by atoms with E-state index in [0.29, 0.717) is 0 Å². The van der Waals surface area contributed by atoms with Crippen molar-refractivity contribution >= 4 is 17.1 Å². The van der Waals surface area contributed by atoms with E-state index in [4.69, 9.17) is 0 Å². The van der Waals surface area contributed by atoms with Gasteiger partial charge in [0, 0.05) is 6.07 Å². The first-order valence-electron chi connectivity index (χ1n) is 7.19. The molecule has 0 spiro atoms. The van der Waals surface area contributed by atoms with Crippen LogP contribution in [-0.2, 0) is 0 Å². The normalized spacial score (nSPS) is 10.8. The standard InChI is InChI=1S/C18H13N3O3/c22-18-11-10-14(13-6-2-1-3-7-13)12-16(18)20-19-15-8-4-5-9-17(15)21(23)24/h1-12,22H/b20-19+. The summed E-state index contributed by atoms with van der Waals surface area (Å²) >= 11 is 0. The maximum Gasteiger partial charge on any atom is 0.296 e. The van der Waals surface area contributed by atoms with Gasteiger partial charge in [-0.05, 0) is 29.3 Å². The van der Waals surface area contributed by atoms with Crippen LogP contribution >= 0.6 is 0 Å². The Hall–Kier alpha value is -3.54. The summed E-state index contributed by atoms with van der Waals surface area (Å²) in [5.41, 5.74) is 2.08. The lowest BCUT2D eigenvalue weighted by Crippen LogP contribution is -1.87. The molecular weight excluding hydrogens is 306 g/mol. The van der Waals surface area contributed by atoms with Gasteiger partial charge in [0.1, 0.15) is 11.4 Å². The van der Waals surface area contributed by atoms with Crippen LogP contribution in [0.2, 0.25) is 0 Å². The molecule has 0 atom stereocenters. The van der Waals surface area contributed by atoms with E-state index in [2.05, 4.69) is 10.2 Å². The Kier molecular flexibility index (Phi) is 4.29. The number of aromatic hydroxyl groups is 1. The fourth-order valence-electron chi connectivity index (χ4n) is 2.22. The van der Waals surface area contributed by atoms with Gasteiger partial charge in [-0.15, -0.1) is 10.2 Å². The van der Waals surface area contributed by atoms with Gasteiger partial charge in [0.2, 0.25) is 0 Å². The number of nitro benzene ring substituents is 1. The van der Waals surface area contributed by atoms with Crippen LogP contribution in [-0.4, -0.2) is 10.0 Å². The molecule has 0 heterocycles. The van der Waals surface area contributed by atoms with Crippen molar-refractivity contribution in [3.63, 3.8) is 0 Å². The molecule has 6 nitrogen and oxygen atoms in total. The molecule has 0 amide bonds. The molecule has 24 heavy (non-hydrogen) atoms. The molecule has 0 unspecified atom stereocenters. The predicted molar refractivity (Wildman–Crippen MR) is 90.8 cm³/mol. The van der Waals surface area contributed by atoms with Gasteiger partial charge in [-0.2, -0.15) is 0 Å². The molecule has 118 valence electrons. The van der Waals surface area contributed by atoms with Crippen LogP contribution < -0.4 is 0 Å². The summed E-state index contributed by atoms with van der Waals surface area (Å²) in [4.78, 5) is 10.5. The van der Waals surface area contributed by atoms with Gasteiger partial charge in [-0.1, -0.05) is 48.5 Å². The van der Waals surface area contributed by atoms with Crippen LogP contribution in [0.25, 0.3) is 11.1 Å². The predicted octanol–water partition coefficient (Wildman–Crippen LogP) is 5.38. The number of hydrogen-bond donors (Lipinski definition) is 1. The smallest absolute Gasteiger partial charge is 0.296 e. The van der Waals surface area contributed by atoms with Crippen LogP contribution in [0.4, 0.5) is 17.1 Å². The van der Waals surface area contributed by atoms with Gasteiger partial charge in [-0.3, -0.25) is 10.1 Å². The highest BCUT2D eigenvalue weighted by Gasteiger charge is 2.12. The van der Waals surface area contributed by atoms with Crippen molar-refractivity contribution in [2.45, 2.75) is 0 Å². The lowest BCUT2D eigenvalue weighted by atomic mass is 10.1. The highest BCUT2D eigenvalue weighted by Crippen LogP contribution is 2.34. The number of hydrogen-bond acceptors (Lipinski definition) is 5. The number of nitro groups is 1. The van der Waals surface area contributed by atoms with Gasteiger partial charge < -0.3 is 5.11 Å². The summed E-state index contributed by atoms with van der Waals surface area (Å²) in [6.07, 6.45) is 0. The zero-order valence-electron chi connectivity index (χ0n) is 12.5. The Morgan fingerprint density at radius 3 is 2.21 bits per heavy atom. The molecule has 0 aliphatic rings. The Labute approximate surface area is 137 Å². The summed E-state index contributed by atoms with van der Waals surface area (Å²) in [5.74, 6) is -0.0444. The molecule has 0 aliphatic heterocycles. The summed E-state index contributed by atoms with van der Waals surface area (Å²) in [5, 5.41) is 28.8. The van der Waals surface area contributed by atoms with Crippen LogP contribution in [0, 0.1) is 10.1 Å². The third-order valence-electron chi connectivity index (χ3n) is 3.43. The van der Waals surface area contributed by atoms with E-state index in [1.54, 1.807) is 24.3 Å². The van der Waals surface area contributed by atoms with Gasteiger partial charge >= 0.3 is 0 Å². The van der Waals surface area contributed by atoms with Gasteiger partial charge in [0.25, 0.3) is 5.69 Å². The van der Waals surface area contributed by atoms with Gasteiger partial charge in [0.15, 0.2) is 5.69 Å². The molecule has 0 aliphatic carbocycles. The van der Waals surface area contributed by atoms with E-state index in [0.717, 1.165) is 11.1 Å². The molecule has 3 rings (SSSR count). The lowest BCUT2D eigenvalue weighted by Gasteiger charge is -2.04. The van der Waals surface area contributed by atoms with Crippen molar-refractivity contribution < 1.29 is 10.0 Å². The number of azo groups is 1. The van der Waals surface area contributed by atoms with E-state index < -0.39 is 4.92 Å². The molecule has 0 bridgehead atoms. The monoisotopic (exact) mass is 319 g/mol. The van der Waals surface area contributed by atoms with Crippen molar-refractivity contribution in [3.8, 4) is 16.9 Å². The number of rotatable bonds is 4. The molecule has 1 N–H and O–H groups in total. The highest BCUT2D eigenvalue weighted by molar-refractivity contribution is 5.70. The molecular formula is C18H13N3O3. The number of phenolic OH excluding ortho intramolecular Hbond substituents is 1. The highest BCUT2D eigenvalue weighted by atomic mass is 16.6. The molecule has 0 saturated heterocycles. The molecule has 0 fully saturated rings. The van der Waals surface area contributed by atoms with E-state index in [9.17, 15) is 15.2 Å². The van der Waals surface area contributed by atoms with Gasteiger partial charge in [0.05, 0.1) is 4.92 Å². The third kappa shape index (κ3) is 3.27. The Balaban J connectivity index is 1.97. The summed E-state index contributed by atoms with van der Waals surface area (Å²) < 4.78 is 0. The Morgan fingerprint density at radius 2 is 1.46 bits per heavy atom. The minimum Gasteiger partial charge on any atom is -0.506 e. The molecule has 0 saturated carbocycles. The summed E-state index contributed by atoms with van der Waals surface area (Å²) in [6, 6.07) is 20.7. The van der Waals surface area contributed by atoms with Crippen molar-refractivity contribution in [3.05, 3.63) is 82.9 Å². The zero-order valence-corrected chi connectivity index (χ0v) is 12.5. The van der Waals surface area contributed by atoms with Crippen molar-refractivity contribution in [2.75, 3.05) is 0 Å². The largest absolute Gasteiger partial charge is 0.506 e. The number of para-hydroxylation sites is 1. The maximum atomic E-state index is 11.0. The zero-order chi connectivity index (χ0) is 16.9. The number of nitrogens with zero attached hydrogens (tertiary/aromatic N) is 3. The molecule has 0 radical (unpaired) electrons. The molecule has 3 aromatic rings. The van der Waals surface area contributed by atoms with Crippen LogP contribution in [0.15, 0.2) is 83.0 Å². The average Bonchev–Trinajstić information content (AvgIpc) is 2.62. The molecule has 3 aromatic carbocycles. The van der Waals surface area contributed by atoms with Crippen molar-refractivity contribution in [1.29, 1.82) is 0 Å². The van der Waals surface area contributed by atoms with Crippen molar-refractivity contribution in [2.24, 2.45) is 10.2 Å². The number of benzene rings is 3. The quantitative estimate of drug-likeness (QED) is 0.397. The lowest BCUT2D eigenvalue weighted by molar-refractivity contribution is -0.384. The van der Waals surface area contributed by atoms with Crippen LogP contribution in [0.3, 0.4) is 0 Å². The Morgan fingerprint density at radius 1 is 0.792 bits per heavy atom. The van der Waals surface area contributed by atoms with E-state index in [-0.39, 0.29) is 22.8 Å². The second-order valence-corrected chi connectivity index (χ2v) is 5.02. The first-order valence-corrected chi connectivity index (χ1v) is 7.19. The number of phenols is 1. The van der Waals surface area contributed by atoms with E-state index in [1.807, 2.05) is 30.3 Å². The molecule has 6 heteroatoms. The van der Waals surface area contributed by atoms with Gasteiger partial charge in [-0.25, -0.2) is 0 Å². The molecule has 0 aromatic heterocycles. The second kappa shape index (κ2) is 6.70. The maximum absolute atomic E-state index is 11.0. The first-order chi connectivity index (χ1) is 11.6. The second-order valence-electron chi connectivity index (χ2n) is 5.02. The van der Waals surface area contributed by atoms with E-state index in [1.165, 1.54) is 18.2 Å². The minimum atomic E-state index is -0.519. The fraction of sp³-hybridized carbons (Fsp3) is 0. The Bertz CT molecular complexity index is 908. The average molecular weight is 319 g/mol. The minimum absolute atomic E-state index is 0.0444. The summed E-state index contributed by atoms with van der Waals surface area (Å²) in [6.45, 7) is 0. The fourth-order valence-corrected chi connectivity index (χ4v) is 2.22. The van der Waals surface area contributed by atoms with E-state index >= 15 is 0 Å². The summed E-state index contributed by atoms with van der Waals surface area (Å²) in [7, 11) is 0. The SMILES string of the molecule is O=[N+]([O-])c1ccccc1/N=N/c1cc(-c2ccccc2)ccc1O. The topological polar surface area (TPSA) is 88.1 Å². The third-order valence-corrected chi connectivity index (χ3v) is 3.43. The van der Waals surface area contributed by atoms with Crippen molar-refractivity contribution in [1.82, 2.24) is 0 Å².